The van der Waals surface area contributed by atoms with Crippen molar-refractivity contribution in [3.8, 4) is 0 Å². The molecule has 0 aliphatic heterocycles. The van der Waals surface area contributed by atoms with Crippen molar-refractivity contribution in [1.82, 2.24) is 10.2 Å². The van der Waals surface area contributed by atoms with E-state index in [1.165, 1.54) is 28.7 Å². The summed E-state index contributed by atoms with van der Waals surface area (Å²) in [5.74, 6) is 0.0990. The van der Waals surface area contributed by atoms with Crippen LogP contribution in [-0.4, -0.2) is 21.2 Å². The molecule has 0 radical (unpaired) electrons. The number of nitrogen functional groups attached to an aromatic ring is 1. The maximum atomic E-state index is 12.3. The van der Waals surface area contributed by atoms with Crippen molar-refractivity contribution in [3.05, 3.63) is 34.9 Å². The number of aromatic nitrogens is 2. The maximum Gasteiger partial charge on any atom is 0.203 e. The van der Waals surface area contributed by atoms with Crippen LogP contribution in [0.25, 0.3) is 0 Å². The summed E-state index contributed by atoms with van der Waals surface area (Å²) in [6, 6.07) is 5.78. The van der Waals surface area contributed by atoms with Crippen molar-refractivity contribution in [2.75, 3.05) is 5.73 Å². The smallest absolute Gasteiger partial charge is 0.203 e. The monoisotopic (exact) mass is 293 g/mol. The Morgan fingerprint density at radius 2 is 2.05 bits per heavy atom. The fourth-order valence-electron chi connectivity index (χ4n) is 1.60. The van der Waals surface area contributed by atoms with Crippen molar-refractivity contribution in [2.24, 2.45) is 0 Å². The summed E-state index contributed by atoms with van der Waals surface area (Å²) in [5.41, 5.74) is 8.58. The van der Waals surface area contributed by atoms with Crippen LogP contribution < -0.4 is 5.73 Å². The Labute approximate surface area is 120 Å². The molecule has 19 heavy (non-hydrogen) atoms. The maximum absolute atomic E-state index is 12.3. The van der Waals surface area contributed by atoms with E-state index in [0.717, 1.165) is 15.5 Å². The van der Waals surface area contributed by atoms with Crippen molar-refractivity contribution in [3.63, 3.8) is 0 Å². The van der Waals surface area contributed by atoms with E-state index >= 15 is 0 Å². The molecule has 1 heterocycles. The average molecular weight is 293 g/mol. The number of ketones is 1. The summed E-state index contributed by atoms with van der Waals surface area (Å²) < 4.78 is 0.724. The molecule has 2 aromatic rings. The van der Waals surface area contributed by atoms with Gasteiger partial charge in [-0.1, -0.05) is 35.2 Å². The lowest BCUT2D eigenvalue weighted by molar-refractivity contribution is 0.0994. The number of benzene rings is 1. The number of nitrogens with two attached hydrogens (primary N) is 1. The third-order valence-electron chi connectivity index (χ3n) is 2.86. The van der Waals surface area contributed by atoms with Gasteiger partial charge < -0.3 is 5.73 Å². The summed E-state index contributed by atoms with van der Waals surface area (Å²) in [7, 11) is 0. The quantitative estimate of drug-likeness (QED) is 0.693. The highest BCUT2D eigenvalue weighted by Crippen LogP contribution is 2.29. The van der Waals surface area contributed by atoms with Crippen molar-refractivity contribution >= 4 is 34.0 Å². The van der Waals surface area contributed by atoms with Crippen LogP contribution in [0.5, 0.6) is 0 Å². The number of Topliss-reactive ketones (excluding diaryl/α,β-unsaturated/α-hetero) is 1. The third kappa shape index (κ3) is 3.33. The van der Waals surface area contributed by atoms with Gasteiger partial charge in [0.1, 0.15) is 0 Å². The van der Waals surface area contributed by atoms with Gasteiger partial charge in [-0.15, -0.1) is 10.2 Å². The molecule has 1 atom stereocenters. The second kappa shape index (κ2) is 5.71. The number of carbonyl (C=O) groups excluding carboxylic acids is 1. The summed E-state index contributed by atoms with van der Waals surface area (Å²) in [6.45, 7) is 5.92. The van der Waals surface area contributed by atoms with Crippen LogP contribution in [-0.2, 0) is 0 Å². The number of hydrogen-bond donors (Lipinski definition) is 1. The van der Waals surface area contributed by atoms with Crippen molar-refractivity contribution in [2.45, 2.75) is 30.4 Å². The molecule has 0 fully saturated rings. The van der Waals surface area contributed by atoms with Gasteiger partial charge in [-0.3, -0.25) is 4.79 Å². The molecule has 0 saturated carbocycles. The fraction of sp³-hybridized carbons (Fsp3) is 0.308. The van der Waals surface area contributed by atoms with E-state index in [2.05, 4.69) is 10.2 Å². The number of nitrogens with zero attached hydrogens (tertiary/aromatic N) is 2. The first-order valence-electron chi connectivity index (χ1n) is 5.84. The lowest BCUT2D eigenvalue weighted by Gasteiger charge is -2.09. The largest absolute Gasteiger partial charge is 0.374 e. The zero-order chi connectivity index (χ0) is 14.0. The van der Waals surface area contributed by atoms with Gasteiger partial charge in [-0.05, 0) is 38.0 Å². The van der Waals surface area contributed by atoms with Gasteiger partial charge in [0.2, 0.25) is 5.13 Å². The van der Waals surface area contributed by atoms with Crippen LogP contribution in [0.15, 0.2) is 22.5 Å². The molecule has 0 unspecified atom stereocenters. The van der Waals surface area contributed by atoms with Crippen molar-refractivity contribution in [1.29, 1.82) is 0 Å². The van der Waals surface area contributed by atoms with E-state index in [0.29, 0.717) is 5.13 Å². The van der Waals surface area contributed by atoms with Gasteiger partial charge in [0.15, 0.2) is 10.1 Å². The van der Waals surface area contributed by atoms with Crippen LogP contribution in [0.3, 0.4) is 0 Å². The molecule has 2 N–H and O–H groups in total. The predicted molar refractivity (Wildman–Crippen MR) is 79.9 cm³/mol. The Hall–Kier alpha value is -1.40. The Balaban J connectivity index is 2.12. The van der Waals surface area contributed by atoms with Gasteiger partial charge in [-0.25, -0.2) is 0 Å². The van der Waals surface area contributed by atoms with Gasteiger partial charge in [-0.2, -0.15) is 0 Å². The molecule has 0 saturated heterocycles. The SMILES string of the molecule is Cc1ccc(C(=O)[C@H](C)Sc2nnc(N)s2)cc1C. The Morgan fingerprint density at radius 1 is 1.32 bits per heavy atom. The molecule has 1 aromatic carbocycles. The zero-order valence-corrected chi connectivity index (χ0v) is 12.6. The minimum absolute atomic E-state index is 0.0990. The average Bonchev–Trinajstić information content (AvgIpc) is 2.77. The molecule has 2 rings (SSSR count). The van der Waals surface area contributed by atoms with Crippen LogP contribution in [0, 0.1) is 13.8 Å². The Morgan fingerprint density at radius 3 is 2.63 bits per heavy atom. The standard InChI is InChI=1S/C13H15N3OS2/c1-7-4-5-10(6-8(7)2)11(17)9(3)18-13-16-15-12(14)19-13/h4-6,9H,1-3H3,(H2,14,15)/t9-/m0/s1. The first-order chi connectivity index (χ1) is 8.97. The number of anilines is 1. The molecule has 4 nitrogen and oxygen atoms in total. The van der Waals surface area contributed by atoms with Gasteiger partial charge in [0.05, 0.1) is 5.25 Å². The molecule has 0 amide bonds. The summed E-state index contributed by atoms with van der Waals surface area (Å²) in [4.78, 5) is 12.3. The lowest BCUT2D eigenvalue weighted by Crippen LogP contribution is -2.13. The molecule has 0 spiro atoms. The van der Waals surface area contributed by atoms with Gasteiger partial charge >= 0.3 is 0 Å². The number of rotatable bonds is 4. The van der Waals surface area contributed by atoms with Gasteiger partial charge in [0, 0.05) is 5.56 Å². The van der Waals surface area contributed by atoms with Gasteiger partial charge in [0.25, 0.3) is 0 Å². The number of thioether (sulfide) groups is 1. The molecule has 6 heteroatoms. The highest BCUT2D eigenvalue weighted by atomic mass is 32.2. The van der Waals surface area contributed by atoms with Crippen LogP contribution in [0.4, 0.5) is 5.13 Å². The fourth-order valence-corrected chi connectivity index (χ4v) is 3.46. The summed E-state index contributed by atoms with van der Waals surface area (Å²) in [5, 5.41) is 7.88. The van der Waals surface area contributed by atoms with E-state index in [1.807, 2.05) is 39.0 Å². The predicted octanol–water partition coefficient (Wildman–Crippen LogP) is 3.10. The second-order valence-electron chi connectivity index (χ2n) is 4.33. The van der Waals surface area contributed by atoms with E-state index in [4.69, 9.17) is 5.73 Å². The zero-order valence-electron chi connectivity index (χ0n) is 11.0. The Bertz CT molecular complexity index is 610. The summed E-state index contributed by atoms with van der Waals surface area (Å²) >= 11 is 2.69. The number of aryl methyl sites for hydroxylation is 2. The molecular formula is C13H15N3OS2. The first kappa shape index (κ1) is 14.0. The van der Waals surface area contributed by atoms with Crippen LogP contribution >= 0.6 is 23.1 Å². The molecule has 0 aliphatic rings. The minimum Gasteiger partial charge on any atom is -0.374 e. The molecule has 0 aliphatic carbocycles. The molecule has 100 valence electrons. The molecule has 1 aromatic heterocycles. The molecule has 0 bridgehead atoms. The highest BCUT2D eigenvalue weighted by Gasteiger charge is 2.18. The van der Waals surface area contributed by atoms with E-state index in [-0.39, 0.29) is 11.0 Å². The number of carbonyl (C=O) groups is 1. The minimum atomic E-state index is -0.200. The third-order valence-corrected chi connectivity index (χ3v) is 4.80. The van der Waals surface area contributed by atoms with E-state index < -0.39 is 0 Å². The summed E-state index contributed by atoms with van der Waals surface area (Å²) in [6.07, 6.45) is 0. The lowest BCUT2D eigenvalue weighted by atomic mass is 10.0. The van der Waals surface area contributed by atoms with E-state index in [1.54, 1.807) is 0 Å². The first-order valence-corrected chi connectivity index (χ1v) is 7.54. The topological polar surface area (TPSA) is 68.9 Å². The van der Waals surface area contributed by atoms with Crippen LogP contribution in [0.1, 0.15) is 28.4 Å². The second-order valence-corrected chi connectivity index (χ2v) is 6.93. The molecular weight excluding hydrogens is 278 g/mol. The van der Waals surface area contributed by atoms with E-state index in [9.17, 15) is 4.79 Å². The van der Waals surface area contributed by atoms with Crippen molar-refractivity contribution < 1.29 is 4.79 Å². The normalized spacial score (nSPS) is 12.4. The highest BCUT2D eigenvalue weighted by molar-refractivity contribution is 8.02. The number of hydrogen-bond acceptors (Lipinski definition) is 6. The Kier molecular flexibility index (Phi) is 4.21. The van der Waals surface area contributed by atoms with Crippen LogP contribution in [0.2, 0.25) is 0 Å².